The summed E-state index contributed by atoms with van der Waals surface area (Å²) in [6, 6.07) is 3.50. The summed E-state index contributed by atoms with van der Waals surface area (Å²) in [5, 5.41) is 2.99. The molecule has 0 bridgehead atoms. The van der Waals surface area contributed by atoms with Gasteiger partial charge in [-0.25, -0.2) is 4.98 Å². The summed E-state index contributed by atoms with van der Waals surface area (Å²) in [6.07, 6.45) is 6.12. The average molecular weight is 359 g/mol. The lowest BCUT2D eigenvalue weighted by atomic mass is 10.2. The second kappa shape index (κ2) is 8.43. The molecular weight excluding hydrogens is 338 g/mol. The molecule has 0 aromatic carbocycles. The molecule has 1 saturated heterocycles. The number of hydrogen-bond donors (Lipinski definition) is 1. The van der Waals surface area contributed by atoms with Crippen molar-refractivity contribution < 1.29 is 14.3 Å². The SMILES string of the molecule is Cn1ccnc(NC[C@H]2CN(C(=O)COc3cccnc3)CCO2)c1=O. The van der Waals surface area contributed by atoms with Crippen molar-refractivity contribution in [1.29, 1.82) is 0 Å². The van der Waals surface area contributed by atoms with E-state index in [1.165, 1.54) is 4.57 Å². The number of carbonyl (C=O) groups excluding carboxylic acids is 1. The lowest BCUT2D eigenvalue weighted by molar-refractivity contribution is -0.140. The van der Waals surface area contributed by atoms with Gasteiger partial charge in [0, 0.05) is 45.3 Å². The molecule has 0 spiro atoms. The highest BCUT2D eigenvalue weighted by molar-refractivity contribution is 5.77. The quantitative estimate of drug-likeness (QED) is 0.768. The molecule has 1 aliphatic heterocycles. The number of ether oxygens (including phenoxy) is 2. The van der Waals surface area contributed by atoms with Crippen LogP contribution in [0.2, 0.25) is 0 Å². The van der Waals surface area contributed by atoms with E-state index in [9.17, 15) is 9.59 Å². The Morgan fingerprint density at radius 1 is 1.46 bits per heavy atom. The van der Waals surface area contributed by atoms with E-state index in [1.807, 2.05) is 0 Å². The van der Waals surface area contributed by atoms with Gasteiger partial charge in [0.25, 0.3) is 11.5 Å². The van der Waals surface area contributed by atoms with E-state index < -0.39 is 0 Å². The molecule has 9 nitrogen and oxygen atoms in total. The Morgan fingerprint density at radius 3 is 3.15 bits per heavy atom. The van der Waals surface area contributed by atoms with Gasteiger partial charge in [0.2, 0.25) is 0 Å². The maximum atomic E-state index is 12.3. The van der Waals surface area contributed by atoms with Crippen LogP contribution in [-0.2, 0) is 16.6 Å². The molecule has 3 heterocycles. The summed E-state index contributed by atoms with van der Waals surface area (Å²) in [7, 11) is 1.66. The van der Waals surface area contributed by atoms with Gasteiger partial charge in [-0.15, -0.1) is 0 Å². The van der Waals surface area contributed by atoms with Crippen molar-refractivity contribution in [3.05, 3.63) is 47.3 Å². The molecule has 0 radical (unpaired) electrons. The molecule has 9 heteroatoms. The van der Waals surface area contributed by atoms with Crippen LogP contribution in [0.25, 0.3) is 0 Å². The molecular formula is C17H21N5O4. The Hall–Kier alpha value is -2.94. The fraction of sp³-hybridized carbons (Fsp3) is 0.412. The van der Waals surface area contributed by atoms with E-state index in [1.54, 1.807) is 48.9 Å². The highest BCUT2D eigenvalue weighted by atomic mass is 16.5. The molecule has 1 amide bonds. The fourth-order valence-corrected chi connectivity index (χ4v) is 2.57. The number of aryl methyl sites for hydroxylation is 1. The van der Waals surface area contributed by atoms with Gasteiger partial charge < -0.3 is 24.3 Å². The summed E-state index contributed by atoms with van der Waals surface area (Å²) < 4.78 is 12.6. The van der Waals surface area contributed by atoms with Crippen molar-refractivity contribution in [2.24, 2.45) is 7.05 Å². The molecule has 138 valence electrons. The predicted molar refractivity (Wildman–Crippen MR) is 94.0 cm³/mol. The van der Waals surface area contributed by atoms with Gasteiger partial charge in [-0.2, -0.15) is 0 Å². The van der Waals surface area contributed by atoms with E-state index in [2.05, 4.69) is 15.3 Å². The monoisotopic (exact) mass is 359 g/mol. The highest BCUT2D eigenvalue weighted by Crippen LogP contribution is 2.09. The summed E-state index contributed by atoms with van der Waals surface area (Å²) in [4.78, 5) is 33.9. The number of nitrogens with one attached hydrogen (secondary N) is 1. The van der Waals surface area contributed by atoms with E-state index >= 15 is 0 Å². The number of morpholine rings is 1. The highest BCUT2D eigenvalue weighted by Gasteiger charge is 2.24. The second-order valence-electron chi connectivity index (χ2n) is 5.88. The van der Waals surface area contributed by atoms with E-state index in [0.29, 0.717) is 32.0 Å². The zero-order valence-electron chi connectivity index (χ0n) is 14.5. The Bertz CT molecular complexity index is 795. The van der Waals surface area contributed by atoms with Crippen molar-refractivity contribution in [2.45, 2.75) is 6.10 Å². The molecule has 1 atom stereocenters. The largest absolute Gasteiger partial charge is 0.482 e. The standard InChI is InChI=1S/C17H21N5O4/c1-21-6-5-19-16(17(21)24)20-10-14-11-22(7-8-25-14)15(23)12-26-13-3-2-4-18-9-13/h2-6,9,14H,7-8,10-12H2,1H3,(H,19,20)/t14-/m0/s1. The van der Waals surface area contributed by atoms with Gasteiger partial charge in [-0.3, -0.25) is 14.6 Å². The minimum absolute atomic E-state index is 0.0490. The third-order valence-electron chi connectivity index (χ3n) is 4.00. The molecule has 26 heavy (non-hydrogen) atoms. The Morgan fingerprint density at radius 2 is 2.35 bits per heavy atom. The number of hydrogen-bond acceptors (Lipinski definition) is 7. The molecule has 1 fully saturated rings. The van der Waals surface area contributed by atoms with E-state index in [0.717, 1.165) is 0 Å². The number of amides is 1. The molecule has 1 aliphatic rings. The van der Waals surface area contributed by atoms with Gasteiger partial charge >= 0.3 is 0 Å². The minimum Gasteiger partial charge on any atom is -0.482 e. The molecule has 0 unspecified atom stereocenters. The zero-order chi connectivity index (χ0) is 18.4. The van der Waals surface area contributed by atoms with Crippen LogP contribution >= 0.6 is 0 Å². The van der Waals surface area contributed by atoms with Crippen LogP contribution in [0.3, 0.4) is 0 Å². The molecule has 0 aliphatic carbocycles. The van der Waals surface area contributed by atoms with Crippen molar-refractivity contribution in [3.8, 4) is 5.75 Å². The zero-order valence-corrected chi connectivity index (χ0v) is 14.5. The van der Waals surface area contributed by atoms with Gasteiger partial charge in [-0.05, 0) is 12.1 Å². The third kappa shape index (κ3) is 4.57. The molecule has 2 aromatic rings. The van der Waals surface area contributed by atoms with Crippen LogP contribution in [0.5, 0.6) is 5.75 Å². The van der Waals surface area contributed by atoms with Crippen LogP contribution in [-0.4, -0.2) is 64.3 Å². The number of carbonyl (C=O) groups is 1. The third-order valence-corrected chi connectivity index (χ3v) is 4.00. The van der Waals surface area contributed by atoms with Crippen LogP contribution < -0.4 is 15.6 Å². The van der Waals surface area contributed by atoms with Gasteiger partial charge in [0.1, 0.15) is 5.75 Å². The van der Waals surface area contributed by atoms with Gasteiger partial charge in [0.15, 0.2) is 12.4 Å². The first kappa shape index (κ1) is 17.9. The number of aromatic nitrogens is 3. The van der Waals surface area contributed by atoms with Crippen LogP contribution in [0.4, 0.5) is 5.82 Å². The first-order valence-corrected chi connectivity index (χ1v) is 8.31. The molecule has 3 rings (SSSR count). The molecule has 1 N–H and O–H groups in total. The summed E-state index contributed by atoms with van der Waals surface area (Å²) >= 11 is 0. The van der Waals surface area contributed by atoms with E-state index in [-0.39, 0.29) is 30.0 Å². The lowest BCUT2D eigenvalue weighted by Gasteiger charge is -2.33. The summed E-state index contributed by atoms with van der Waals surface area (Å²) in [5.74, 6) is 0.705. The Balaban J connectivity index is 1.49. The van der Waals surface area contributed by atoms with Crippen molar-refractivity contribution in [3.63, 3.8) is 0 Å². The Kier molecular flexibility index (Phi) is 5.80. The summed E-state index contributed by atoms with van der Waals surface area (Å²) in [5.41, 5.74) is -0.207. The maximum Gasteiger partial charge on any atom is 0.293 e. The van der Waals surface area contributed by atoms with Crippen molar-refractivity contribution >= 4 is 11.7 Å². The molecule has 0 saturated carbocycles. The molecule has 2 aromatic heterocycles. The predicted octanol–water partition coefficient (Wildman–Crippen LogP) is -0.106. The first-order chi connectivity index (χ1) is 12.6. The number of anilines is 1. The number of pyridine rings is 1. The van der Waals surface area contributed by atoms with Crippen LogP contribution in [0.15, 0.2) is 41.7 Å². The second-order valence-corrected chi connectivity index (χ2v) is 5.88. The smallest absolute Gasteiger partial charge is 0.293 e. The van der Waals surface area contributed by atoms with Crippen LogP contribution in [0, 0.1) is 0 Å². The summed E-state index contributed by atoms with van der Waals surface area (Å²) in [6.45, 7) is 1.71. The maximum absolute atomic E-state index is 12.3. The minimum atomic E-state index is -0.224. The Labute approximate surface area is 150 Å². The first-order valence-electron chi connectivity index (χ1n) is 8.31. The average Bonchev–Trinajstić information content (AvgIpc) is 2.68. The van der Waals surface area contributed by atoms with Crippen molar-refractivity contribution in [2.75, 3.05) is 38.2 Å². The van der Waals surface area contributed by atoms with Crippen LogP contribution in [0.1, 0.15) is 0 Å². The van der Waals surface area contributed by atoms with Crippen molar-refractivity contribution in [1.82, 2.24) is 19.4 Å². The fourth-order valence-electron chi connectivity index (χ4n) is 2.57. The van der Waals surface area contributed by atoms with Gasteiger partial charge in [0.05, 0.1) is 18.9 Å². The van der Waals surface area contributed by atoms with E-state index in [4.69, 9.17) is 9.47 Å². The lowest BCUT2D eigenvalue weighted by Crippen LogP contribution is -2.49. The topological polar surface area (TPSA) is 98.6 Å². The number of nitrogens with zero attached hydrogens (tertiary/aromatic N) is 4. The number of rotatable bonds is 6. The van der Waals surface area contributed by atoms with Gasteiger partial charge in [-0.1, -0.05) is 0 Å². The normalized spacial score (nSPS) is 17.0.